The number of nitrogens with zero attached hydrogens (tertiary/aromatic N) is 1. The normalized spacial score (nSPS) is 28.8. The van der Waals surface area contributed by atoms with Gasteiger partial charge in [0.15, 0.2) is 0 Å². The van der Waals surface area contributed by atoms with Gasteiger partial charge in [0, 0.05) is 6.04 Å². The molecular weight excluding hydrogens is 178 g/mol. The fourth-order valence-corrected chi connectivity index (χ4v) is 2.02. The fourth-order valence-electron chi connectivity index (χ4n) is 2.02. The Kier molecular flexibility index (Phi) is 4.39. The Morgan fingerprint density at radius 3 is 2.86 bits per heavy atom. The molecule has 1 fully saturated rings. The van der Waals surface area contributed by atoms with Crippen LogP contribution in [0.15, 0.2) is 0 Å². The first-order valence-corrected chi connectivity index (χ1v) is 5.54. The van der Waals surface area contributed by atoms with Crippen LogP contribution in [-0.2, 0) is 9.53 Å². The van der Waals surface area contributed by atoms with Crippen molar-refractivity contribution in [2.45, 2.75) is 39.7 Å². The molecule has 0 aromatic heterocycles. The summed E-state index contributed by atoms with van der Waals surface area (Å²) < 4.78 is 4.95. The van der Waals surface area contributed by atoms with Crippen molar-refractivity contribution in [3.8, 4) is 0 Å². The van der Waals surface area contributed by atoms with E-state index >= 15 is 0 Å². The minimum Gasteiger partial charge on any atom is -0.465 e. The third-order valence-corrected chi connectivity index (χ3v) is 3.14. The maximum absolute atomic E-state index is 11.3. The molecule has 0 saturated carbocycles. The van der Waals surface area contributed by atoms with E-state index in [2.05, 4.69) is 18.7 Å². The van der Waals surface area contributed by atoms with E-state index in [-0.39, 0.29) is 5.97 Å². The van der Waals surface area contributed by atoms with Gasteiger partial charge in [-0.2, -0.15) is 0 Å². The molecule has 1 aliphatic rings. The van der Waals surface area contributed by atoms with Crippen LogP contribution < -0.4 is 0 Å². The van der Waals surface area contributed by atoms with E-state index in [0.29, 0.717) is 25.1 Å². The molecule has 0 aromatic rings. The van der Waals surface area contributed by atoms with Crippen LogP contribution in [-0.4, -0.2) is 36.6 Å². The minimum absolute atomic E-state index is 0.0894. The van der Waals surface area contributed by atoms with E-state index in [0.717, 1.165) is 6.54 Å². The average Bonchev–Trinajstić information content (AvgIpc) is 2.13. The molecule has 0 N–H and O–H groups in total. The molecule has 0 spiro atoms. The lowest BCUT2D eigenvalue weighted by Crippen LogP contribution is -2.45. The van der Waals surface area contributed by atoms with Gasteiger partial charge in [0.25, 0.3) is 0 Å². The summed E-state index contributed by atoms with van der Waals surface area (Å²) in [4.78, 5) is 13.5. The Bertz CT molecular complexity index is 194. The average molecular weight is 199 g/mol. The maximum atomic E-state index is 11.3. The number of likely N-dealkylation sites (tertiary alicyclic amines) is 1. The first kappa shape index (κ1) is 11.5. The molecule has 2 unspecified atom stereocenters. The zero-order chi connectivity index (χ0) is 10.6. The number of carbonyl (C=O) groups is 1. The molecule has 82 valence electrons. The molecule has 0 amide bonds. The molecule has 1 heterocycles. The molecule has 0 aliphatic carbocycles. The molecule has 0 bridgehead atoms. The second-order valence-electron chi connectivity index (χ2n) is 4.14. The summed E-state index contributed by atoms with van der Waals surface area (Å²) in [5, 5.41) is 0. The quantitative estimate of drug-likeness (QED) is 0.648. The summed E-state index contributed by atoms with van der Waals surface area (Å²) in [5.74, 6) is 0.603. The summed E-state index contributed by atoms with van der Waals surface area (Å²) in [5.41, 5.74) is 0. The van der Waals surface area contributed by atoms with Gasteiger partial charge in [-0.15, -0.1) is 0 Å². The topological polar surface area (TPSA) is 29.5 Å². The van der Waals surface area contributed by atoms with Crippen LogP contribution >= 0.6 is 0 Å². The molecule has 0 aromatic carbocycles. The zero-order valence-corrected chi connectivity index (χ0v) is 9.45. The van der Waals surface area contributed by atoms with Crippen molar-refractivity contribution in [2.24, 2.45) is 5.92 Å². The second kappa shape index (κ2) is 5.35. The van der Waals surface area contributed by atoms with E-state index in [4.69, 9.17) is 4.74 Å². The van der Waals surface area contributed by atoms with Crippen molar-refractivity contribution >= 4 is 5.97 Å². The smallest absolute Gasteiger partial charge is 0.320 e. The lowest BCUT2D eigenvalue weighted by molar-refractivity contribution is -0.145. The largest absolute Gasteiger partial charge is 0.465 e. The summed E-state index contributed by atoms with van der Waals surface area (Å²) in [6.45, 7) is 8.27. The van der Waals surface area contributed by atoms with Crippen LogP contribution in [0.4, 0.5) is 0 Å². The molecule has 0 radical (unpaired) electrons. The summed E-state index contributed by atoms with van der Waals surface area (Å²) in [7, 11) is 0. The van der Waals surface area contributed by atoms with Crippen molar-refractivity contribution in [3.05, 3.63) is 0 Å². The molecule has 2 atom stereocenters. The molecular formula is C11H21NO2. The standard InChI is InChI=1S/C11H21NO2/c1-4-14-11(13)8-12-7-5-6-9(2)10(12)3/h9-10H,4-8H2,1-3H3. The Labute approximate surface area is 86.4 Å². The minimum atomic E-state index is -0.0894. The lowest BCUT2D eigenvalue weighted by Gasteiger charge is -2.37. The monoisotopic (exact) mass is 199 g/mol. The second-order valence-corrected chi connectivity index (χ2v) is 4.14. The number of ether oxygens (including phenoxy) is 1. The maximum Gasteiger partial charge on any atom is 0.320 e. The predicted molar refractivity (Wildman–Crippen MR) is 56.1 cm³/mol. The van der Waals surface area contributed by atoms with Gasteiger partial charge in [-0.1, -0.05) is 6.92 Å². The van der Waals surface area contributed by atoms with Gasteiger partial charge in [0.05, 0.1) is 13.2 Å². The van der Waals surface area contributed by atoms with Crippen LogP contribution in [0, 0.1) is 5.92 Å². The fraction of sp³-hybridized carbons (Fsp3) is 0.909. The highest BCUT2D eigenvalue weighted by atomic mass is 16.5. The van der Waals surface area contributed by atoms with Crippen LogP contribution in [0.5, 0.6) is 0 Å². The number of esters is 1. The third-order valence-electron chi connectivity index (χ3n) is 3.14. The molecule has 14 heavy (non-hydrogen) atoms. The highest BCUT2D eigenvalue weighted by Gasteiger charge is 2.26. The van der Waals surface area contributed by atoms with E-state index in [1.54, 1.807) is 0 Å². The van der Waals surface area contributed by atoms with Gasteiger partial charge in [-0.25, -0.2) is 0 Å². The van der Waals surface area contributed by atoms with Gasteiger partial charge >= 0.3 is 5.97 Å². The van der Waals surface area contributed by atoms with E-state index in [9.17, 15) is 4.79 Å². The SMILES string of the molecule is CCOC(=O)CN1CCCC(C)C1C. The van der Waals surface area contributed by atoms with Gasteiger partial charge in [-0.05, 0) is 39.2 Å². The third kappa shape index (κ3) is 2.98. The zero-order valence-electron chi connectivity index (χ0n) is 9.45. The van der Waals surface area contributed by atoms with Crippen molar-refractivity contribution in [1.29, 1.82) is 0 Å². The Morgan fingerprint density at radius 2 is 2.21 bits per heavy atom. The number of hydrogen-bond acceptors (Lipinski definition) is 3. The first-order chi connectivity index (χ1) is 6.65. The Balaban J connectivity index is 2.39. The summed E-state index contributed by atoms with van der Waals surface area (Å²) in [6, 6.07) is 0.508. The van der Waals surface area contributed by atoms with Crippen LogP contribution in [0.25, 0.3) is 0 Å². The van der Waals surface area contributed by atoms with E-state index in [1.165, 1.54) is 12.8 Å². The van der Waals surface area contributed by atoms with Gasteiger partial charge in [0.2, 0.25) is 0 Å². The Hall–Kier alpha value is -0.570. The molecule has 1 saturated heterocycles. The van der Waals surface area contributed by atoms with Crippen molar-refractivity contribution < 1.29 is 9.53 Å². The van der Waals surface area contributed by atoms with Gasteiger partial charge in [-0.3, -0.25) is 9.69 Å². The van der Waals surface area contributed by atoms with Crippen LogP contribution in [0.1, 0.15) is 33.6 Å². The number of carbonyl (C=O) groups excluding carboxylic acids is 1. The van der Waals surface area contributed by atoms with Crippen LogP contribution in [0.3, 0.4) is 0 Å². The molecule has 1 aliphatic heterocycles. The lowest BCUT2D eigenvalue weighted by atomic mass is 9.92. The van der Waals surface area contributed by atoms with Crippen LogP contribution in [0.2, 0.25) is 0 Å². The number of piperidine rings is 1. The van der Waals surface area contributed by atoms with Gasteiger partial charge < -0.3 is 4.74 Å². The molecule has 3 nitrogen and oxygen atoms in total. The summed E-state index contributed by atoms with van der Waals surface area (Å²) >= 11 is 0. The highest BCUT2D eigenvalue weighted by molar-refractivity contribution is 5.71. The van der Waals surface area contributed by atoms with Crippen molar-refractivity contribution in [1.82, 2.24) is 4.90 Å². The highest BCUT2D eigenvalue weighted by Crippen LogP contribution is 2.22. The Morgan fingerprint density at radius 1 is 1.50 bits per heavy atom. The van der Waals surface area contributed by atoms with E-state index in [1.807, 2.05) is 6.92 Å². The van der Waals surface area contributed by atoms with Gasteiger partial charge in [0.1, 0.15) is 0 Å². The molecule has 1 rings (SSSR count). The first-order valence-electron chi connectivity index (χ1n) is 5.54. The number of hydrogen-bond donors (Lipinski definition) is 0. The summed E-state index contributed by atoms with van der Waals surface area (Å²) in [6.07, 6.45) is 2.48. The van der Waals surface area contributed by atoms with E-state index < -0.39 is 0 Å². The number of rotatable bonds is 3. The predicted octanol–water partition coefficient (Wildman–Crippen LogP) is 1.67. The molecule has 3 heteroatoms. The van der Waals surface area contributed by atoms with Crippen molar-refractivity contribution in [3.63, 3.8) is 0 Å². The van der Waals surface area contributed by atoms with Crippen molar-refractivity contribution in [2.75, 3.05) is 19.7 Å².